The minimum absolute atomic E-state index is 0.286. The molecule has 4 nitrogen and oxygen atoms in total. The number of nitrogens with two attached hydrogens (primary N) is 1. The van der Waals surface area contributed by atoms with E-state index in [0.717, 1.165) is 5.56 Å². The number of benzene rings is 1. The smallest absolute Gasteiger partial charge is 0.277 e. The molecule has 0 fully saturated rings. The molecule has 0 aliphatic rings. The van der Waals surface area contributed by atoms with Gasteiger partial charge in [-0.1, -0.05) is 30.3 Å². The molecule has 1 amide bonds. The summed E-state index contributed by atoms with van der Waals surface area (Å²) in [6.45, 7) is 1.78. The number of carbonyl (C=O) groups is 1. The minimum atomic E-state index is -1.37. The zero-order valence-corrected chi connectivity index (χ0v) is 8.90. The van der Waals surface area contributed by atoms with Gasteiger partial charge in [0.2, 0.25) is 5.79 Å². The molecule has 0 aliphatic carbocycles. The van der Waals surface area contributed by atoms with Gasteiger partial charge in [-0.05, 0) is 12.5 Å². The molecule has 4 heteroatoms. The molecule has 1 unspecified atom stereocenters. The highest BCUT2D eigenvalue weighted by molar-refractivity contribution is 5.81. The van der Waals surface area contributed by atoms with Gasteiger partial charge in [-0.25, -0.2) is 0 Å². The van der Waals surface area contributed by atoms with E-state index in [1.807, 2.05) is 30.3 Å². The largest absolute Gasteiger partial charge is 0.365 e. The van der Waals surface area contributed by atoms with Crippen LogP contribution in [0.15, 0.2) is 30.3 Å². The maximum Gasteiger partial charge on any atom is 0.277 e. The third kappa shape index (κ3) is 3.04. The van der Waals surface area contributed by atoms with Crippen LogP contribution in [0.25, 0.3) is 0 Å². The van der Waals surface area contributed by atoms with Gasteiger partial charge in [0.1, 0.15) is 0 Å². The van der Waals surface area contributed by atoms with Crippen molar-refractivity contribution in [1.82, 2.24) is 0 Å². The van der Waals surface area contributed by atoms with Crippen molar-refractivity contribution in [3.63, 3.8) is 0 Å². The van der Waals surface area contributed by atoms with Crippen molar-refractivity contribution in [3.05, 3.63) is 35.9 Å². The molecule has 0 aromatic heterocycles. The van der Waals surface area contributed by atoms with Crippen LogP contribution in [-0.2, 0) is 20.9 Å². The molecule has 2 N–H and O–H groups in total. The fourth-order valence-corrected chi connectivity index (χ4v) is 1.03. The van der Waals surface area contributed by atoms with E-state index in [9.17, 15) is 4.79 Å². The fourth-order valence-electron chi connectivity index (χ4n) is 1.03. The van der Waals surface area contributed by atoms with E-state index in [4.69, 9.17) is 15.2 Å². The van der Waals surface area contributed by atoms with Crippen molar-refractivity contribution >= 4 is 5.91 Å². The number of primary amides is 1. The first-order chi connectivity index (χ1) is 7.08. The van der Waals surface area contributed by atoms with E-state index >= 15 is 0 Å². The third-order valence-electron chi connectivity index (χ3n) is 2.19. The lowest BCUT2D eigenvalue weighted by atomic mass is 10.2. The van der Waals surface area contributed by atoms with E-state index in [1.165, 1.54) is 14.0 Å². The average Bonchev–Trinajstić information content (AvgIpc) is 2.27. The molecule has 82 valence electrons. The van der Waals surface area contributed by atoms with Crippen LogP contribution in [0, 0.1) is 0 Å². The third-order valence-corrected chi connectivity index (χ3v) is 2.19. The minimum Gasteiger partial charge on any atom is -0.365 e. The summed E-state index contributed by atoms with van der Waals surface area (Å²) < 4.78 is 10.3. The van der Waals surface area contributed by atoms with Gasteiger partial charge in [-0.3, -0.25) is 4.79 Å². The SMILES string of the molecule is COC(C)(OCc1ccccc1)C(N)=O. The zero-order chi connectivity index (χ0) is 11.3. The van der Waals surface area contributed by atoms with Gasteiger partial charge in [0.25, 0.3) is 5.91 Å². The van der Waals surface area contributed by atoms with Crippen LogP contribution >= 0.6 is 0 Å². The quantitative estimate of drug-likeness (QED) is 0.737. The van der Waals surface area contributed by atoms with Crippen molar-refractivity contribution in [2.45, 2.75) is 19.3 Å². The molecule has 0 heterocycles. The molecular formula is C11H15NO3. The summed E-state index contributed by atoms with van der Waals surface area (Å²) in [6, 6.07) is 9.50. The molecular weight excluding hydrogens is 194 g/mol. The predicted molar refractivity (Wildman–Crippen MR) is 55.8 cm³/mol. The molecule has 0 radical (unpaired) electrons. The molecule has 1 aromatic rings. The Morgan fingerprint density at radius 3 is 2.47 bits per heavy atom. The van der Waals surface area contributed by atoms with Crippen LogP contribution in [0.1, 0.15) is 12.5 Å². The first kappa shape index (κ1) is 11.7. The Morgan fingerprint density at radius 1 is 1.40 bits per heavy atom. The molecule has 1 atom stereocenters. The Balaban J connectivity index is 2.59. The summed E-state index contributed by atoms with van der Waals surface area (Å²) in [5.74, 6) is -2.00. The van der Waals surface area contributed by atoms with Crippen LogP contribution in [0.5, 0.6) is 0 Å². The number of hydrogen-bond acceptors (Lipinski definition) is 3. The van der Waals surface area contributed by atoms with E-state index < -0.39 is 11.7 Å². The maximum absolute atomic E-state index is 11.0. The Morgan fingerprint density at radius 2 is 2.00 bits per heavy atom. The molecule has 0 saturated heterocycles. The van der Waals surface area contributed by atoms with E-state index in [2.05, 4.69) is 0 Å². The van der Waals surface area contributed by atoms with Gasteiger partial charge >= 0.3 is 0 Å². The summed E-state index contributed by atoms with van der Waals surface area (Å²) in [7, 11) is 1.38. The van der Waals surface area contributed by atoms with E-state index in [1.54, 1.807) is 0 Å². The predicted octanol–water partition coefficient (Wildman–Crippen LogP) is 1.05. The Kier molecular flexibility index (Phi) is 3.82. The molecule has 0 spiro atoms. The van der Waals surface area contributed by atoms with E-state index in [-0.39, 0.29) is 6.61 Å². The molecule has 0 aliphatic heterocycles. The lowest BCUT2D eigenvalue weighted by Crippen LogP contribution is -2.45. The summed E-state index contributed by atoms with van der Waals surface area (Å²) >= 11 is 0. The second-order valence-electron chi connectivity index (χ2n) is 3.29. The van der Waals surface area contributed by atoms with Crippen molar-refractivity contribution in [2.24, 2.45) is 5.73 Å². The molecule has 0 bridgehead atoms. The normalized spacial score (nSPS) is 14.5. The second kappa shape index (κ2) is 4.91. The summed E-state index contributed by atoms with van der Waals surface area (Å²) in [6.07, 6.45) is 0. The Bertz CT molecular complexity index is 326. The Hall–Kier alpha value is -1.39. The van der Waals surface area contributed by atoms with Crippen molar-refractivity contribution in [2.75, 3.05) is 7.11 Å². The van der Waals surface area contributed by atoms with Gasteiger partial charge in [-0.15, -0.1) is 0 Å². The van der Waals surface area contributed by atoms with Gasteiger partial charge < -0.3 is 15.2 Å². The van der Waals surface area contributed by atoms with Gasteiger partial charge in [0.05, 0.1) is 6.61 Å². The lowest BCUT2D eigenvalue weighted by Gasteiger charge is -2.24. The maximum atomic E-state index is 11.0. The second-order valence-corrected chi connectivity index (χ2v) is 3.29. The average molecular weight is 209 g/mol. The van der Waals surface area contributed by atoms with Crippen molar-refractivity contribution in [3.8, 4) is 0 Å². The highest BCUT2D eigenvalue weighted by Crippen LogP contribution is 2.13. The van der Waals surface area contributed by atoms with Crippen LogP contribution < -0.4 is 5.73 Å². The molecule has 1 rings (SSSR count). The number of rotatable bonds is 5. The first-order valence-electron chi connectivity index (χ1n) is 4.61. The summed E-state index contributed by atoms with van der Waals surface area (Å²) in [5.41, 5.74) is 6.12. The van der Waals surface area contributed by atoms with Crippen LogP contribution in [-0.4, -0.2) is 18.8 Å². The first-order valence-corrected chi connectivity index (χ1v) is 4.61. The van der Waals surface area contributed by atoms with Crippen LogP contribution in [0.4, 0.5) is 0 Å². The van der Waals surface area contributed by atoms with Crippen LogP contribution in [0.3, 0.4) is 0 Å². The number of carbonyl (C=O) groups excluding carboxylic acids is 1. The highest BCUT2D eigenvalue weighted by atomic mass is 16.7. The Labute approximate surface area is 89.0 Å². The molecule has 1 aromatic carbocycles. The standard InChI is InChI=1S/C11H15NO3/c1-11(14-2,10(12)13)15-8-9-6-4-3-5-7-9/h3-7H,8H2,1-2H3,(H2,12,13). The molecule has 0 saturated carbocycles. The lowest BCUT2D eigenvalue weighted by molar-refractivity contribution is -0.213. The van der Waals surface area contributed by atoms with Gasteiger partial charge in [0, 0.05) is 7.11 Å². The monoisotopic (exact) mass is 209 g/mol. The number of hydrogen-bond donors (Lipinski definition) is 1. The van der Waals surface area contributed by atoms with Crippen molar-refractivity contribution < 1.29 is 14.3 Å². The number of amides is 1. The highest BCUT2D eigenvalue weighted by Gasteiger charge is 2.31. The number of methoxy groups -OCH3 is 1. The fraction of sp³-hybridized carbons (Fsp3) is 0.364. The summed E-state index contributed by atoms with van der Waals surface area (Å²) in [5, 5.41) is 0. The van der Waals surface area contributed by atoms with Crippen molar-refractivity contribution in [1.29, 1.82) is 0 Å². The van der Waals surface area contributed by atoms with E-state index in [0.29, 0.717) is 0 Å². The number of ether oxygens (including phenoxy) is 2. The molecule has 15 heavy (non-hydrogen) atoms. The summed E-state index contributed by atoms with van der Waals surface area (Å²) in [4.78, 5) is 11.0. The van der Waals surface area contributed by atoms with Crippen LogP contribution in [0.2, 0.25) is 0 Å². The zero-order valence-electron chi connectivity index (χ0n) is 8.90. The topological polar surface area (TPSA) is 61.6 Å². The van der Waals surface area contributed by atoms with Gasteiger partial charge in [-0.2, -0.15) is 0 Å². The van der Waals surface area contributed by atoms with Gasteiger partial charge in [0.15, 0.2) is 0 Å².